The Morgan fingerprint density at radius 2 is 0.800 bits per heavy atom. The molecule has 0 bridgehead atoms. The van der Waals surface area contributed by atoms with Crippen LogP contribution in [0.2, 0.25) is 0 Å². The lowest BCUT2D eigenvalue weighted by Gasteiger charge is -2.14. The van der Waals surface area contributed by atoms with Crippen LogP contribution in [0.25, 0.3) is 93.6 Å². The molecular weight excluding hydrogens is 671 g/mol. The van der Waals surface area contributed by atoms with E-state index in [2.05, 4.69) is 165 Å². The fraction of sp³-hybridized carbons (Fsp3) is 0. The van der Waals surface area contributed by atoms with Gasteiger partial charge < -0.3 is 13.7 Å². The van der Waals surface area contributed by atoms with Crippen LogP contribution in [-0.2, 0) is 0 Å². The van der Waals surface area contributed by atoms with Crippen molar-refractivity contribution in [2.45, 2.75) is 0 Å². The lowest BCUT2D eigenvalue weighted by Crippen LogP contribution is -1.98. The predicted molar refractivity (Wildman–Crippen MR) is 224 cm³/mol. The topological polar surface area (TPSA) is 62.4 Å². The Labute approximate surface area is 316 Å². The van der Waals surface area contributed by atoms with Gasteiger partial charge in [0.2, 0.25) is 0 Å². The number of para-hydroxylation sites is 4. The summed E-state index contributed by atoms with van der Waals surface area (Å²) >= 11 is 0. The van der Waals surface area contributed by atoms with E-state index in [9.17, 15) is 10.5 Å². The Hall–Kier alpha value is -7.86. The van der Waals surface area contributed by atoms with Crippen LogP contribution in [0.5, 0.6) is 0 Å². The zero-order valence-electron chi connectivity index (χ0n) is 29.5. The normalized spacial score (nSPS) is 11.6. The van der Waals surface area contributed by atoms with Crippen molar-refractivity contribution in [3.63, 3.8) is 0 Å². The van der Waals surface area contributed by atoms with Crippen molar-refractivity contribution in [2.75, 3.05) is 0 Å². The van der Waals surface area contributed by atoms with Gasteiger partial charge in [0, 0.05) is 54.9 Å². The highest BCUT2D eigenvalue weighted by molar-refractivity contribution is 6.13. The van der Waals surface area contributed by atoms with Gasteiger partial charge in [-0.15, -0.1) is 0 Å². The maximum Gasteiger partial charge on any atom is 0.0998 e. The maximum atomic E-state index is 10.4. The van der Waals surface area contributed by atoms with Crippen molar-refractivity contribution >= 4 is 65.4 Å². The van der Waals surface area contributed by atoms with Gasteiger partial charge in [-0.2, -0.15) is 10.5 Å². The lowest BCUT2D eigenvalue weighted by atomic mass is 9.99. The average Bonchev–Trinajstić information content (AvgIpc) is 3.89. The highest BCUT2D eigenvalue weighted by Crippen LogP contribution is 2.39. The van der Waals surface area contributed by atoms with Crippen LogP contribution in [0.3, 0.4) is 0 Å². The number of nitriles is 2. The molecule has 11 rings (SSSR count). The summed E-state index contributed by atoms with van der Waals surface area (Å²) in [5.41, 5.74) is 12.6. The third kappa shape index (κ3) is 4.45. The van der Waals surface area contributed by atoms with Crippen LogP contribution in [0, 0.1) is 22.7 Å². The highest BCUT2D eigenvalue weighted by Gasteiger charge is 2.19. The maximum absolute atomic E-state index is 10.4. The smallest absolute Gasteiger partial charge is 0.0998 e. The summed E-state index contributed by atoms with van der Waals surface area (Å²) in [6.07, 6.45) is 0. The molecule has 5 heteroatoms. The summed E-state index contributed by atoms with van der Waals surface area (Å²) in [4.78, 5) is 0. The van der Waals surface area contributed by atoms with E-state index in [4.69, 9.17) is 0 Å². The van der Waals surface area contributed by atoms with E-state index in [0.717, 1.165) is 71.8 Å². The molecule has 254 valence electrons. The third-order valence-corrected chi connectivity index (χ3v) is 11.1. The summed E-state index contributed by atoms with van der Waals surface area (Å²) in [5.74, 6) is 0. The Morgan fingerprint density at radius 1 is 0.327 bits per heavy atom. The van der Waals surface area contributed by atoms with E-state index >= 15 is 0 Å². The van der Waals surface area contributed by atoms with Gasteiger partial charge in [-0.25, -0.2) is 0 Å². The van der Waals surface area contributed by atoms with E-state index in [1.54, 1.807) is 0 Å². The van der Waals surface area contributed by atoms with Crippen molar-refractivity contribution < 1.29 is 0 Å². The van der Waals surface area contributed by atoms with Crippen molar-refractivity contribution in [3.05, 3.63) is 187 Å². The van der Waals surface area contributed by atoms with Gasteiger partial charge in [-0.05, 0) is 90.5 Å². The number of benzene rings is 8. The number of hydrogen-bond donors (Lipinski definition) is 0. The summed E-state index contributed by atoms with van der Waals surface area (Å²) in [6.45, 7) is 0. The van der Waals surface area contributed by atoms with E-state index in [0.29, 0.717) is 11.1 Å². The number of hydrogen-bond acceptors (Lipinski definition) is 2. The first-order valence-electron chi connectivity index (χ1n) is 18.3. The summed E-state index contributed by atoms with van der Waals surface area (Å²) in [7, 11) is 0. The number of aromatic nitrogens is 3. The molecule has 0 amide bonds. The predicted octanol–water partition coefficient (Wildman–Crippen LogP) is 12.4. The van der Waals surface area contributed by atoms with Crippen LogP contribution in [0.1, 0.15) is 11.1 Å². The molecule has 5 nitrogen and oxygen atoms in total. The highest BCUT2D eigenvalue weighted by atomic mass is 15.0. The second-order valence-electron chi connectivity index (χ2n) is 14.0. The molecule has 0 aliphatic carbocycles. The summed E-state index contributed by atoms with van der Waals surface area (Å²) in [5, 5.41) is 27.2. The Bertz CT molecular complexity index is 3420. The van der Waals surface area contributed by atoms with Crippen molar-refractivity contribution in [2.24, 2.45) is 0 Å². The fourth-order valence-electron chi connectivity index (χ4n) is 8.79. The van der Waals surface area contributed by atoms with E-state index in [1.165, 1.54) is 21.8 Å². The van der Waals surface area contributed by atoms with Crippen LogP contribution in [0.4, 0.5) is 0 Å². The number of fused-ring (bicyclic) bond motifs is 9. The van der Waals surface area contributed by atoms with Gasteiger partial charge in [0.25, 0.3) is 0 Å². The first-order chi connectivity index (χ1) is 27.2. The lowest BCUT2D eigenvalue weighted by molar-refractivity contribution is 1.16. The fourth-order valence-corrected chi connectivity index (χ4v) is 8.79. The minimum atomic E-state index is 0.601. The van der Waals surface area contributed by atoms with E-state index < -0.39 is 0 Å². The number of rotatable bonds is 4. The zero-order valence-corrected chi connectivity index (χ0v) is 29.5. The van der Waals surface area contributed by atoms with Gasteiger partial charge in [0.15, 0.2) is 0 Å². The van der Waals surface area contributed by atoms with Gasteiger partial charge >= 0.3 is 0 Å². The van der Waals surface area contributed by atoms with Crippen molar-refractivity contribution in [1.82, 2.24) is 13.7 Å². The SMILES string of the molecule is N#Cc1ccc(-n2c3ccccc3c3cc(-n4c5ccccc5c5ccccc54)ccc32)cc1-c1cccc(-n2c3ccccc3c3c(C#N)cccc32)c1. The molecule has 0 spiro atoms. The average molecular weight is 700 g/mol. The minimum Gasteiger partial charge on any atom is -0.309 e. The molecule has 0 radical (unpaired) electrons. The van der Waals surface area contributed by atoms with E-state index in [-0.39, 0.29) is 0 Å². The van der Waals surface area contributed by atoms with Crippen LogP contribution in [-0.4, -0.2) is 13.7 Å². The molecule has 55 heavy (non-hydrogen) atoms. The monoisotopic (exact) mass is 699 g/mol. The molecule has 0 fully saturated rings. The molecule has 0 saturated heterocycles. The minimum absolute atomic E-state index is 0.601. The first-order valence-corrected chi connectivity index (χ1v) is 18.3. The molecule has 0 aliphatic rings. The second-order valence-corrected chi connectivity index (χ2v) is 14.0. The summed E-state index contributed by atoms with van der Waals surface area (Å²) < 4.78 is 6.89. The molecule has 0 unspecified atom stereocenters. The van der Waals surface area contributed by atoms with Gasteiger partial charge in [0.1, 0.15) is 0 Å². The Morgan fingerprint density at radius 3 is 1.45 bits per heavy atom. The standard InChI is InChI=1S/C50H29N5/c51-30-33-23-24-36(28-42(33)32-11-9-13-35(27-32)55-47-21-8-4-17-41(47)50-34(31-52)12-10-22-49(50)55)54-46-20-7-3-16-40(46)43-29-37(25-26-48(43)54)53-44-18-5-1-14-38(44)39-15-2-6-19-45(39)53/h1-29H. The van der Waals surface area contributed by atoms with Crippen molar-refractivity contribution in [1.29, 1.82) is 10.5 Å². The molecule has 3 heterocycles. The molecular formula is C50H29N5. The van der Waals surface area contributed by atoms with Gasteiger partial charge in [-0.3, -0.25) is 0 Å². The van der Waals surface area contributed by atoms with Gasteiger partial charge in [-0.1, -0.05) is 91.0 Å². The molecule has 0 saturated carbocycles. The zero-order chi connectivity index (χ0) is 36.6. The quantitative estimate of drug-likeness (QED) is 0.184. The molecule has 0 atom stereocenters. The molecule has 11 aromatic rings. The van der Waals surface area contributed by atoms with Crippen LogP contribution >= 0.6 is 0 Å². The first kappa shape index (κ1) is 30.7. The number of nitrogens with zero attached hydrogens (tertiary/aromatic N) is 5. The summed E-state index contributed by atoms with van der Waals surface area (Å²) in [6, 6.07) is 66.0. The molecule has 3 aromatic heterocycles. The van der Waals surface area contributed by atoms with Gasteiger partial charge in [0.05, 0.1) is 56.4 Å². The molecule has 0 N–H and O–H groups in total. The van der Waals surface area contributed by atoms with Crippen molar-refractivity contribution in [3.8, 4) is 40.3 Å². The van der Waals surface area contributed by atoms with Crippen LogP contribution < -0.4 is 0 Å². The molecule has 0 aliphatic heterocycles. The second kappa shape index (κ2) is 11.8. The Balaban J connectivity index is 1.10. The Kier molecular flexibility index (Phi) is 6.61. The van der Waals surface area contributed by atoms with E-state index in [1.807, 2.05) is 36.4 Å². The largest absolute Gasteiger partial charge is 0.309 e. The molecule has 8 aromatic carbocycles. The van der Waals surface area contributed by atoms with Crippen LogP contribution in [0.15, 0.2) is 176 Å². The third-order valence-electron chi connectivity index (χ3n) is 11.1.